The summed E-state index contributed by atoms with van der Waals surface area (Å²) in [6.45, 7) is 3.55. The van der Waals surface area contributed by atoms with Crippen LogP contribution in [0.4, 0.5) is 0 Å². The first-order valence-corrected chi connectivity index (χ1v) is 9.05. The van der Waals surface area contributed by atoms with Gasteiger partial charge in [-0.15, -0.1) is 0 Å². The lowest BCUT2D eigenvalue weighted by Crippen LogP contribution is -2.03. The van der Waals surface area contributed by atoms with Gasteiger partial charge in [0.15, 0.2) is 5.75 Å². The largest absolute Gasteiger partial charge is 0.465 e. The van der Waals surface area contributed by atoms with E-state index in [1.54, 1.807) is 12.1 Å². The van der Waals surface area contributed by atoms with Crippen molar-refractivity contribution in [2.75, 3.05) is 7.11 Å². The van der Waals surface area contributed by atoms with E-state index in [0.29, 0.717) is 11.3 Å². The Bertz CT molecular complexity index is 970. The van der Waals surface area contributed by atoms with Gasteiger partial charge in [-0.25, -0.2) is 4.79 Å². The van der Waals surface area contributed by atoms with E-state index in [-0.39, 0.29) is 11.9 Å². The zero-order valence-corrected chi connectivity index (χ0v) is 15.8. The van der Waals surface area contributed by atoms with Gasteiger partial charge in [0.1, 0.15) is 0 Å². The van der Waals surface area contributed by atoms with Crippen molar-refractivity contribution in [3.8, 4) is 16.9 Å². The number of ether oxygens (including phenoxy) is 2. The van der Waals surface area contributed by atoms with E-state index in [1.807, 2.05) is 36.5 Å². The SMILES string of the molecule is CCCCc1c(-c2ccc(C(=O)OC)cc2)c(OC(C)=O)c2ccccn12. The number of carbonyl (C=O) groups is 2. The quantitative estimate of drug-likeness (QED) is 0.596. The molecule has 0 amide bonds. The molecule has 0 aliphatic carbocycles. The van der Waals surface area contributed by atoms with E-state index < -0.39 is 0 Å². The summed E-state index contributed by atoms with van der Waals surface area (Å²) in [5.74, 6) is -0.184. The van der Waals surface area contributed by atoms with Gasteiger partial charge in [0, 0.05) is 24.4 Å². The number of pyridine rings is 1. The summed E-state index contributed by atoms with van der Waals surface area (Å²) in [5, 5.41) is 0. The fourth-order valence-electron chi connectivity index (χ4n) is 3.27. The summed E-state index contributed by atoms with van der Waals surface area (Å²) < 4.78 is 12.5. The van der Waals surface area contributed by atoms with Crippen LogP contribution in [-0.2, 0) is 16.0 Å². The van der Waals surface area contributed by atoms with Crippen LogP contribution in [0, 0.1) is 0 Å². The number of fused-ring (bicyclic) bond motifs is 1. The number of unbranched alkanes of at least 4 members (excludes halogenated alkanes) is 1. The number of esters is 2. The van der Waals surface area contributed by atoms with E-state index >= 15 is 0 Å². The van der Waals surface area contributed by atoms with Gasteiger partial charge in [-0.3, -0.25) is 4.79 Å². The van der Waals surface area contributed by atoms with Gasteiger partial charge in [-0.1, -0.05) is 31.5 Å². The van der Waals surface area contributed by atoms with E-state index in [4.69, 9.17) is 9.47 Å². The standard InChI is InChI=1S/C22H23NO4/c1-4-5-8-18-20(16-10-12-17(13-11-16)22(25)26-3)21(27-15(2)24)19-9-6-7-14-23(18)19/h6-7,9-14H,4-5,8H2,1-3H3. The predicted octanol–water partition coefficient (Wildman–Crippen LogP) is 4.66. The molecule has 3 rings (SSSR count). The molecule has 0 aliphatic rings. The van der Waals surface area contributed by atoms with Crippen molar-refractivity contribution < 1.29 is 19.1 Å². The highest BCUT2D eigenvalue weighted by Crippen LogP contribution is 2.40. The molecule has 27 heavy (non-hydrogen) atoms. The number of rotatable bonds is 6. The molecule has 0 radical (unpaired) electrons. The molecule has 0 saturated heterocycles. The lowest BCUT2D eigenvalue weighted by Gasteiger charge is -2.09. The Morgan fingerprint density at radius 2 is 1.81 bits per heavy atom. The van der Waals surface area contributed by atoms with Gasteiger partial charge in [-0.05, 0) is 42.7 Å². The second kappa shape index (κ2) is 8.08. The number of methoxy groups -OCH3 is 1. The average Bonchev–Trinajstić information content (AvgIpc) is 2.98. The summed E-state index contributed by atoms with van der Waals surface area (Å²) in [7, 11) is 1.36. The summed E-state index contributed by atoms with van der Waals surface area (Å²) in [6.07, 6.45) is 4.92. The molecule has 3 aromatic rings. The van der Waals surface area contributed by atoms with Crippen molar-refractivity contribution in [1.29, 1.82) is 0 Å². The molecule has 5 nitrogen and oxygen atoms in total. The predicted molar refractivity (Wildman–Crippen MR) is 104 cm³/mol. The molecular formula is C22H23NO4. The molecule has 2 heterocycles. The number of benzene rings is 1. The Labute approximate surface area is 158 Å². The van der Waals surface area contributed by atoms with Crippen molar-refractivity contribution in [1.82, 2.24) is 4.40 Å². The number of aryl methyl sites for hydroxylation is 1. The van der Waals surface area contributed by atoms with Crippen LogP contribution in [0.1, 0.15) is 42.7 Å². The maximum atomic E-state index is 11.8. The number of nitrogens with zero attached hydrogens (tertiary/aromatic N) is 1. The van der Waals surface area contributed by atoms with Gasteiger partial charge in [0.2, 0.25) is 0 Å². The minimum Gasteiger partial charge on any atom is -0.465 e. The van der Waals surface area contributed by atoms with Crippen molar-refractivity contribution in [3.63, 3.8) is 0 Å². The molecule has 2 aromatic heterocycles. The Kier molecular flexibility index (Phi) is 5.60. The third-order valence-corrected chi connectivity index (χ3v) is 4.51. The fraction of sp³-hybridized carbons (Fsp3) is 0.273. The maximum Gasteiger partial charge on any atom is 0.337 e. The second-order valence-corrected chi connectivity index (χ2v) is 6.37. The lowest BCUT2D eigenvalue weighted by molar-refractivity contribution is -0.131. The van der Waals surface area contributed by atoms with Crippen molar-refractivity contribution in [2.45, 2.75) is 33.1 Å². The Morgan fingerprint density at radius 3 is 2.44 bits per heavy atom. The van der Waals surface area contributed by atoms with Gasteiger partial charge in [0.05, 0.1) is 18.2 Å². The monoisotopic (exact) mass is 365 g/mol. The first-order valence-electron chi connectivity index (χ1n) is 9.05. The molecule has 0 N–H and O–H groups in total. The zero-order chi connectivity index (χ0) is 19.4. The third kappa shape index (κ3) is 3.72. The van der Waals surface area contributed by atoms with E-state index in [1.165, 1.54) is 14.0 Å². The van der Waals surface area contributed by atoms with Gasteiger partial charge < -0.3 is 13.9 Å². The molecular weight excluding hydrogens is 342 g/mol. The normalized spacial score (nSPS) is 10.8. The van der Waals surface area contributed by atoms with Crippen LogP contribution < -0.4 is 4.74 Å². The average molecular weight is 365 g/mol. The van der Waals surface area contributed by atoms with Crippen LogP contribution in [0.2, 0.25) is 0 Å². The van der Waals surface area contributed by atoms with Crippen molar-refractivity contribution in [3.05, 3.63) is 59.9 Å². The van der Waals surface area contributed by atoms with Gasteiger partial charge in [0.25, 0.3) is 0 Å². The highest BCUT2D eigenvalue weighted by atomic mass is 16.5. The van der Waals surface area contributed by atoms with Gasteiger partial charge in [-0.2, -0.15) is 0 Å². The van der Waals surface area contributed by atoms with Crippen LogP contribution >= 0.6 is 0 Å². The highest BCUT2D eigenvalue weighted by Gasteiger charge is 2.22. The molecule has 0 bridgehead atoms. The van der Waals surface area contributed by atoms with Gasteiger partial charge >= 0.3 is 11.9 Å². The number of hydrogen-bond acceptors (Lipinski definition) is 4. The second-order valence-electron chi connectivity index (χ2n) is 6.37. The third-order valence-electron chi connectivity index (χ3n) is 4.51. The molecule has 1 aromatic carbocycles. The Hall–Kier alpha value is -3.08. The highest BCUT2D eigenvalue weighted by molar-refractivity contribution is 5.92. The molecule has 140 valence electrons. The maximum absolute atomic E-state index is 11.8. The minimum absolute atomic E-state index is 0.360. The van der Waals surface area contributed by atoms with Crippen molar-refractivity contribution >= 4 is 17.5 Å². The number of hydrogen-bond donors (Lipinski definition) is 0. The smallest absolute Gasteiger partial charge is 0.337 e. The van der Waals surface area contributed by atoms with Crippen LogP contribution in [0.5, 0.6) is 5.75 Å². The molecule has 0 spiro atoms. The summed E-state index contributed by atoms with van der Waals surface area (Å²) in [6, 6.07) is 13.0. The topological polar surface area (TPSA) is 57.0 Å². The van der Waals surface area contributed by atoms with E-state index in [2.05, 4.69) is 11.3 Å². The Balaban J connectivity index is 2.22. The molecule has 0 aliphatic heterocycles. The Morgan fingerprint density at radius 1 is 1.07 bits per heavy atom. The fourth-order valence-corrected chi connectivity index (χ4v) is 3.27. The first-order chi connectivity index (χ1) is 13.1. The van der Waals surface area contributed by atoms with Crippen LogP contribution in [0.15, 0.2) is 48.7 Å². The number of aromatic nitrogens is 1. The molecule has 0 atom stereocenters. The molecule has 5 heteroatoms. The van der Waals surface area contributed by atoms with E-state index in [9.17, 15) is 9.59 Å². The van der Waals surface area contributed by atoms with Crippen molar-refractivity contribution in [2.24, 2.45) is 0 Å². The summed E-state index contributed by atoms with van der Waals surface area (Å²) in [5.41, 5.74) is 4.21. The van der Waals surface area contributed by atoms with Crippen LogP contribution in [-0.4, -0.2) is 23.4 Å². The number of carbonyl (C=O) groups excluding carboxylic acids is 2. The van der Waals surface area contributed by atoms with Crippen LogP contribution in [0.3, 0.4) is 0 Å². The lowest BCUT2D eigenvalue weighted by atomic mass is 10.0. The molecule has 0 fully saturated rings. The summed E-state index contributed by atoms with van der Waals surface area (Å²) in [4.78, 5) is 23.5. The zero-order valence-electron chi connectivity index (χ0n) is 15.8. The van der Waals surface area contributed by atoms with E-state index in [0.717, 1.165) is 41.6 Å². The first kappa shape index (κ1) is 18.7. The van der Waals surface area contributed by atoms with Crippen LogP contribution in [0.25, 0.3) is 16.6 Å². The molecule has 0 unspecified atom stereocenters. The summed E-state index contributed by atoms with van der Waals surface area (Å²) >= 11 is 0. The minimum atomic E-state index is -0.380. The molecule has 0 saturated carbocycles.